The van der Waals surface area contributed by atoms with E-state index in [2.05, 4.69) is 10.3 Å². The number of rotatable bonds is 4. The standard InChI is InChI=1S/C16H12FN3O2/c17-11-1-3-12(4-2-11)19-15-9-13(20-8-7-18-10-20)5-6-14(15)16(21)22/h1-10,19H,(H,21,22). The van der Waals surface area contributed by atoms with Crippen molar-refractivity contribution < 1.29 is 14.3 Å². The molecular formula is C16H12FN3O2. The third-order valence-corrected chi connectivity index (χ3v) is 3.16. The van der Waals surface area contributed by atoms with Crippen LogP contribution in [0.3, 0.4) is 0 Å². The number of aromatic carboxylic acids is 1. The van der Waals surface area contributed by atoms with Gasteiger partial charge >= 0.3 is 5.97 Å². The average molecular weight is 297 g/mol. The fourth-order valence-corrected chi connectivity index (χ4v) is 2.08. The van der Waals surface area contributed by atoms with Gasteiger partial charge in [0.15, 0.2) is 0 Å². The minimum Gasteiger partial charge on any atom is -0.478 e. The molecule has 0 unspecified atom stereocenters. The first-order chi connectivity index (χ1) is 10.6. The third-order valence-electron chi connectivity index (χ3n) is 3.16. The van der Waals surface area contributed by atoms with E-state index in [1.165, 1.54) is 18.2 Å². The highest BCUT2D eigenvalue weighted by Gasteiger charge is 2.12. The lowest BCUT2D eigenvalue weighted by Gasteiger charge is -2.12. The van der Waals surface area contributed by atoms with Crippen molar-refractivity contribution >= 4 is 17.3 Å². The van der Waals surface area contributed by atoms with Crippen molar-refractivity contribution in [2.45, 2.75) is 0 Å². The first kappa shape index (κ1) is 13.8. The Bertz CT molecular complexity index is 799. The molecule has 0 atom stereocenters. The molecule has 0 bridgehead atoms. The van der Waals surface area contributed by atoms with Crippen LogP contribution in [0.25, 0.3) is 5.69 Å². The molecule has 0 radical (unpaired) electrons. The lowest BCUT2D eigenvalue weighted by Crippen LogP contribution is -2.04. The third kappa shape index (κ3) is 2.80. The van der Waals surface area contributed by atoms with Crippen LogP contribution in [0, 0.1) is 5.82 Å². The monoisotopic (exact) mass is 297 g/mol. The Morgan fingerprint density at radius 2 is 1.95 bits per heavy atom. The van der Waals surface area contributed by atoms with Gasteiger partial charge in [-0.25, -0.2) is 14.2 Å². The number of hydrogen-bond acceptors (Lipinski definition) is 3. The van der Waals surface area contributed by atoms with E-state index in [1.54, 1.807) is 47.6 Å². The van der Waals surface area contributed by atoms with Crippen LogP contribution in [0.15, 0.2) is 61.2 Å². The topological polar surface area (TPSA) is 67.1 Å². The predicted octanol–water partition coefficient (Wildman–Crippen LogP) is 3.45. The summed E-state index contributed by atoms with van der Waals surface area (Å²) in [5, 5.41) is 12.3. The zero-order valence-electron chi connectivity index (χ0n) is 11.4. The fraction of sp³-hybridized carbons (Fsp3) is 0. The molecule has 2 aromatic carbocycles. The number of nitrogens with zero attached hydrogens (tertiary/aromatic N) is 2. The summed E-state index contributed by atoms with van der Waals surface area (Å²) in [5.74, 6) is -1.39. The molecule has 0 aliphatic rings. The summed E-state index contributed by atoms with van der Waals surface area (Å²) in [5.41, 5.74) is 1.93. The van der Waals surface area contributed by atoms with Crippen molar-refractivity contribution in [2.75, 3.05) is 5.32 Å². The molecule has 22 heavy (non-hydrogen) atoms. The molecule has 3 rings (SSSR count). The maximum atomic E-state index is 13.0. The first-order valence-electron chi connectivity index (χ1n) is 6.52. The van der Waals surface area contributed by atoms with Crippen molar-refractivity contribution in [3.8, 4) is 5.69 Å². The van der Waals surface area contributed by atoms with Crippen molar-refractivity contribution in [1.29, 1.82) is 0 Å². The zero-order valence-corrected chi connectivity index (χ0v) is 11.4. The predicted molar refractivity (Wildman–Crippen MR) is 80.2 cm³/mol. The number of benzene rings is 2. The molecule has 6 heteroatoms. The Kier molecular flexibility index (Phi) is 3.57. The fourth-order valence-electron chi connectivity index (χ4n) is 2.08. The second kappa shape index (κ2) is 5.69. The first-order valence-corrected chi connectivity index (χ1v) is 6.52. The molecule has 0 amide bonds. The highest BCUT2D eigenvalue weighted by atomic mass is 19.1. The van der Waals surface area contributed by atoms with Gasteiger partial charge in [-0.15, -0.1) is 0 Å². The lowest BCUT2D eigenvalue weighted by molar-refractivity contribution is 0.0698. The number of imidazole rings is 1. The van der Waals surface area contributed by atoms with Gasteiger partial charge < -0.3 is 15.0 Å². The molecule has 1 heterocycles. The van der Waals surface area contributed by atoms with E-state index < -0.39 is 5.97 Å². The van der Waals surface area contributed by atoms with E-state index in [0.717, 1.165) is 5.69 Å². The van der Waals surface area contributed by atoms with E-state index in [4.69, 9.17) is 0 Å². The van der Waals surface area contributed by atoms with Crippen molar-refractivity contribution in [2.24, 2.45) is 0 Å². The van der Waals surface area contributed by atoms with Crippen LogP contribution in [0.1, 0.15) is 10.4 Å². The Labute approximate surface area is 125 Å². The maximum Gasteiger partial charge on any atom is 0.337 e. The van der Waals surface area contributed by atoms with Crippen molar-refractivity contribution in [1.82, 2.24) is 9.55 Å². The van der Waals surface area contributed by atoms with Gasteiger partial charge in [0.25, 0.3) is 0 Å². The van der Waals surface area contributed by atoms with Crippen LogP contribution in [0.4, 0.5) is 15.8 Å². The van der Waals surface area contributed by atoms with Gasteiger partial charge in [0.1, 0.15) is 5.82 Å². The molecule has 0 spiro atoms. The molecular weight excluding hydrogens is 285 g/mol. The molecule has 5 nitrogen and oxygen atoms in total. The Hall–Kier alpha value is -3.15. The Balaban J connectivity index is 2.01. The quantitative estimate of drug-likeness (QED) is 0.774. The van der Waals surface area contributed by atoms with Crippen molar-refractivity contribution in [3.05, 3.63) is 72.6 Å². The van der Waals surface area contributed by atoms with Gasteiger partial charge in [0.05, 0.1) is 17.6 Å². The van der Waals surface area contributed by atoms with E-state index >= 15 is 0 Å². The average Bonchev–Trinajstić information content (AvgIpc) is 3.03. The second-order valence-corrected chi connectivity index (χ2v) is 4.64. The minimum atomic E-state index is -1.04. The smallest absolute Gasteiger partial charge is 0.337 e. The van der Waals surface area contributed by atoms with Gasteiger partial charge in [-0.05, 0) is 42.5 Å². The highest BCUT2D eigenvalue weighted by Crippen LogP contribution is 2.24. The number of halogens is 1. The largest absolute Gasteiger partial charge is 0.478 e. The normalized spacial score (nSPS) is 10.4. The van der Waals surface area contributed by atoms with Crippen molar-refractivity contribution in [3.63, 3.8) is 0 Å². The summed E-state index contributed by atoms with van der Waals surface area (Å²) < 4.78 is 14.7. The van der Waals surface area contributed by atoms with Gasteiger partial charge in [-0.2, -0.15) is 0 Å². The van der Waals surface area contributed by atoms with Crippen LogP contribution in [0.5, 0.6) is 0 Å². The van der Waals surface area contributed by atoms with Gasteiger partial charge in [0.2, 0.25) is 0 Å². The van der Waals surface area contributed by atoms with E-state index in [1.807, 2.05) is 0 Å². The second-order valence-electron chi connectivity index (χ2n) is 4.64. The summed E-state index contributed by atoms with van der Waals surface area (Å²) in [6.45, 7) is 0. The molecule has 2 N–H and O–H groups in total. The SMILES string of the molecule is O=C(O)c1ccc(-n2ccnc2)cc1Nc1ccc(F)cc1. The van der Waals surface area contributed by atoms with Crippen LogP contribution < -0.4 is 5.32 Å². The number of carboxylic acids is 1. The molecule has 1 aromatic heterocycles. The number of aromatic nitrogens is 2. The van der Waals surface area contributed by atoms with E-state index in [-0.39, 0.29) is 11.4 Å². The highest BCUT2D eigenvalue weighted by molar-refractivity contribution is 5.95. The number of nitrogens with one attached hydrogen (secondary N) is 1. The van der Waals surface area contributed by atoms with Crippen LogP contribution in [-0.2, 0) is 0 Å². The zero-order chi connectivity index (χ0) is 15.5. The number of hydrogen-bond donors (Lipinski definition) is 2. The maximum absolute atomic E-state index is 13.0. The lowest BCUT2D eigenvalue weighted by atomic mass is 10.1. The molecule has 110 valence electrons. The minimum absolute atomic E-state index is 0.133. The van der Waals surface area contributed by atoms with E-state index in [9.17, 15) is 14.3 Å². The summed E-state index contributed by atoms with van der Waals surface area (Å²) in [4.78, 5) is 15.3. The van der Waals surface area contributed by atoms with Gasteiger partial charge in [0, 0.05) is 23.8 Å². The molecule has 3 aromatic rings. The number of carbonyl (C=O) groups is 1. The Morgan fingerprint density at radius 1 is 1.18 bits per heavy atom. The molecule has 0 aliphatic carbocycles. The number of carboxylic acid groups (broad SMARTS) is 1. The molecule has 0 fully saturated rings. The summed E-state index contributed by atoms with van der Waals surface area (Å²) in [6, 6.07) is 10.6. The Morgan fingerprint density at radius 3 is 2.59 bits per heavy atom. The van der Waals surface area contributed by atoms with Gasteiger partial charge in [-0.3, -0.25) is 0 Å². The van der Waals surface area contributed by atoms with Crippen LogP contribution in [-0.4, -0.2) is 20.6 Å². The molecule has 0 saturated carbocycles. The summed E-state index contributed by atoms with van der Waals surface area (Å²) in [7, 11) is 0. The summed E-state index contributed by atoms with van der Waals surface area (Å²) in [6.07, 6.45) is 5.02. The van der Waals surface area contributed by atoms with Crippen LogP contribution in [0.2, 0.25) is 0 Å². The van der Waals surface area contributed by atoms with Gasteiger partial charge in [-0.1, -0.05) is 0 Å². The summed E-state index contributed by atoms with van der Waals surface area (Å²) >= 11 is 0. The number of anilines is 2. The molecule has 0 saturated heterocycles. The van der Waals surface area contributed by atoms with E-state index in [0.29, 0.717) is 11.4 Å². The molecule has 0 aliphatic heterocycles. The van der Waals surface area contributed by atoms with Crippen LogP contribution >= 0.6 is 0 Å².